The first-order valence-corrected chi connectivity index (χ1v) is 11.3. The summed E-state index contributed by atoms with van der Waals surface area (Å²) in [4.78, 5) is 16.9. The third kappa shape index (κ3) is 6.44. The summed E-state index contributed by atoms with van der Waals surface area (Å²) in [6.07, 6.45) is -2.77. The minimum atomic E-state index is -4.39. The van der Waals surface area contributed by atoms with E-state index in [9.17, 15) is 18.0 Å². The van der Waals surface area contributed by atoms with Gasteiger partial charge in [0.2, 0.25) is 0 Å². The van der Waals surface area contributed by atoms with E-state index in [0.717, 1.165) is 11.6 Å². The van der Waals surface area contributed by atoms with Crippen molar-refractivity contribution in [1.82, 2.24) is 4.98 Å². The van der Waals surface area contributed by atoms with Gasteiger partial charge in [-0.1, -0.05) is 38.1 Å². The molecule has 0 spiro atoms. The molecule has 0 radical (unpaired) electrons. The van der Waals surface area contributed by atoms with Crippen molar-refractivity contribution in [2.24, 2.45) is 0 Å². The first-order valence-electron chi connectivity index (χ1n) is 11.3. The highest BCUT2D eigenvalue weighted by Gasteiger charge is 2.31. The summed E-state index contributed by atoms with van der Waals surface area (Å²) in [5.41, 5.74) is 1.52. The molecule has 9 heteroatoms. The van der Waals surface area contributed by atoms with Crippen LogP contribution in [0.5, 0.6) is 11.5 Å². The quantitative estimate of drug-likeness (QED) is 0.399. The number of aromatic nitrogens is 1. The fourth-order valence-corrected chi connectivity index (χ4v) is 3.75. The van der Waals surface area contributed by atoms with Crippen LogP contribution < -0.4 is 19.7 Å². The number of fused-ring (bicyclic) bond motifs is 1. The Bertz CT molecular complexity index is 1120. The molecule has 186 valence electrons. The van der Waals surface area contributed by atoms with Crippen LogP contribution >= 0.6 is 0 Å². The number of benzene rings is 2. The van der Waals surface area contributed by atoms with E-state index in [0.29, 0.717) is 48.2 Å². The highest BCUT2D eigenvalue weighted by molar-refractivity contribution is 5.74. The van der Waals surface area contributed by atoms with Crippen LogP contribution in [0.2, 0.25) is 0 Å². The Morgan fingerprint density at radius 3 is 2.60 bits per heavy atom. The van der Waals surface area contributed by atoms with Crippen molar-refractivity contribution in [1.29, 1.82) is 0 Å². The van der Waals surface area contributed by atoms with Crippen LogP contribution in [0.3, 0.4) is 0 Å². The van der Waals surface area contributed by atoms with Crippen molar-refractivity contribution >= 4 is 18.0 Å². The number of ether oxygens (including phenoxy) is 2. The van der Waals surface area contributed by atoms with Crippen LogP contribution in [-0.2, 0) is 17.5 Å². The Kier molecular flexibility index (Phi) is 8.57. The van der Waals surface area contributed by atoms with E-state index in [-0.39, 0.29) is 12.6 Å². The molecule has 35 heavy (non-hydrogen) atoms. The van der Waals surface area contributed by atoms with Gasteiger partial charge in [0.25, 0.3) is 6.47 Å². The Labute approximate surface area is 202 Å². The average Bonchev–Trinajstić information content (AvgIpc) is 2.86. The number of carbonyl (C=O) groups excluding carboxylic acids is 1. The Hall–Kier alpha value is -3.75. The molecular weight excluding hydrogens is 459 g/mol. The van der Waals surface area contributed by atoms with Gasteiger partial charge in [0.05, 0.1) is 18.2 Å². The van der Waals surface area contributed by atoms with Crippen molar-refractivity contribution in [2.45, 2.75) is 39.5 Å². The van der Waals surface area contributed by atoms with Gasteiger partial charge >= 0.3 is 6.18 Å². The summed E-state index contributed by atoms with van der Waals surface area (Å²) >= 11 is 0. The maximum atomic E-state index is 13.1. The Balaban J connectivity index is 0.00000167. The number of nitrogens with zero attached hydrogens (tertiary/aromatic N) is 2. The number of anilines is 2. The minimum Gasteiger partial charge on any atom is -0.489 e. The predicted octanol–water partition coefficient (Wildman–Crippen LogP) is 6.23. The van der Waals surface area contributed by atoms with E-state index in [4.69, 9.17) is 9.47 Å². The Morgan fingerprint density at radius 1 is 1.17 bits per heavy atom. The molecule has 6 nitrogen and oxygen atoms in total. The molecule has 1 aliphatic heterocycles. The van der Waals surface area contributed by atoms with E-state index in [2.05, 4.69) is 10.3 Å². The minimum absolute atomic E-state index is 0.147. The summed E-state index contributed by atoms with van der Waals surface area (Å²) in [5.74, 6) is 1.63. The molecule has 2 aromatic carbocycles. The molecule has 0 saturated carbocycles. The molecule has 1 N–H and O–H groups in total. The lowest BCUT2D eigenvalue weighted by atomic mass is 10.1. The summed E-state index contributed by atoms with van der Waals surface area (Å²) in [6.45, 7) is 7.54. The first kappa shape index (κ1) is 25.9. The first-order chi connectivity index (χ1) is 16.8. The fourth-order valence-electron chi connectivity index (χ4n) is 3.75. The standard InChI is InChI=1S/C24H22F3N3O3.C2H6/c1-16(18-5-7-20(8-6-18)33-15-31)29-23-22-21(9-10-28-23)32-12-11-30(22)14-17-3-2-4-19(13-17)24(25,26)27;1-2/h2-10,13,15-16H,11-12,14H2,1H3,(H,28,29);1-2H3. The zero-order chi connectivity index (χ0) is 25.4. The molecule has 0 bridgehead atoms. The third-order valence-electron chi connectivity index (χ3n) is 5.37. The molecule has 0 saturated heterocycles. The zero-order valence-electron chi connectivity index (χ0n) is 19.8. The molecule has 1 unspecified atom stereocenters. The zero-order valence-corrected chi connectivity index (χ0v) is 19.8. The van der Waals surface area contributed by atoms with Gasteiger partial charge in [-0.15, -0.1) is 0 Å². The maximum Gasteiger partial charge on any atom is 0.416 e. The smallest absolute Gasteiger partial charge is 0.416 e. The van der Waals surface area contributed by atoms with E-state index >= 15 is 0 Å². The maximum absolute atomic E-state index is 13.1. The molecule has 4 rings (SSSR count). The number of carbonyl (C=O) groups is 1. The van der Waals surface area contributed by atoms with Crippen LogP contribution in [0.15, 0.2) is 60.8 Å². The van der Waals surface area contributed by atoms with Crippen LogP contribution in [0.4, 0.5) is 24.7 Å². The summed E-state index contributed by atoms with van der Waals surface area (Å²) in [6, 6.07) is 14.0. The second kappa shape index (κ2) is 11.6. The molecular formula is C26H28F3N3O3. The summed E-state index contributed by atoms with van der Waals surface area (Å²) in [7, 11) is 0. The SMILES string of the molecule is CC.CC(Nc1nccc2c1N(Cc1cccc(C(F)(F)F)c1)CCO2)c1ccc(OC=O)cc1. The lowest BCUT2D eigenvalue weighted by molar-refractivity contribution is -0.137. The molecule has 0 aliphatic carbocycles. The van der Waals surface area contributed by atoms with Gasteiger partial charge in [-0.05, 0) is 42.3 Å². The van der Waals surface area contributed by atoms with Crippen molar-refractivity contribution in [3.63, 3.8) is 0 Å². The van der Waals surface area contributed by atoms with Gasteiger partial charge in [0, 0.05) is 18.8 Å². The van der Waals surface area contributed by atoms with E-state index < -0.39 is 11.7 Å². The number of alkyl halides is 3. The largest absolute Gasteiger partial charge is 0.489 e. The molecule has 3 aromatic rings. The average molecular weight is 488 g/mol. The van der Waals surface area contributed by atoms with Crippen molar-refractivity contribution in [3.05, 3.63) is 77.5 Å². The molecule has 1 aromatic heterocycles. The molecule has 1 atom stereocenters. The number of halogens is 3. The lowest BCUT2D eigenvalue weighted by Crippen LogP contribution is -2.33. The molecule has 2 heterocycles. The third-order valence-corrected chi connectivity index (χ3v) is 5.37. The van der Waals surface area contributed by atoms with Gasteiger partial charge in [0.1, 0.15) is 23.8 Å². The number of hydrogen-bond acceptors (Lipinski definition) is 6. The molecule has 0 fully saturated rings. The van der Waals surface area contributed by atoms with Gasteiger partial charge in [-0.2, -0.15) is 13.2 Å². The number of nitrogens with one attached hydrogen (secondary N) is 1. The second-order valence-electron chi connectivity index (χ2n) is 7.62. The Morgan fingerprint density at radius 2 is 1.91 bits per heavy atom. The summed E-state index contributed by atoms with van der Waals surface area (Å²) < 4.78 is 50.0. The highest BCUT2D eigenvalue weighted by atomic mass is 19.4. The highest BCUT2D eigenvalue weighted by Crippen LogP contribution is 2.39. The number of rotatable bonds is 7. The van der Waals surface area contributed by atoms with Crippen LogP contribution in [0, 0.1) is 0 Å². The van der Waals surface area contributed by atoms with Crippen molar-refractivity contribution in [2.75, 3.05) is 23.4 Å². The molecule has 0 amide bonds. The monoisotopic (exact) mass is 487 g/mol. The predicted molar refractivity (Wildman–Crippen MR) is 129 cm³/mol. The van der Waals surface area contributed by atoms with Crippen LogP contribution in [-0.4, -0.2) is 24.6 Å². The number of pyridine rings is 1. The van der Waals surface area contributed by atoms with E-state index in [1.165, 1.54) is 12.1 Å². The molecule has 1 aliphatic rings. The normalized spacial score (nSPS) is 13.5. The van der Waals surface area contributed by atoms with Gasteiger partial charge in [-0.25, -0.2) is 4.98 Å². The second-order valence-corrected chi connectivity index (χ2v) is 7.62. The van der Waals surface area contributed by atoms with Crippen molar-refractivity contribution < 1.29 is 27.4 Å². The van der Waals surface area contributed by atoms with Crippen LogP contribution in [0.25, 0.3) is 0 Å². The van der Waals surface area contributed by atoms with Crippen LogP contribution in [0.1, 0.15) is 43.5 Å². The lowest BCUT2D eigenvalue weighted by Gasteiger charge is -2.33. The topological polar surface area (TPSA) is 63.7 Å². The van der Waals surface area contributed by atoms with Crippen molar-refractivity contribution in [3.8, 4) is 11.5 Å². The van der Waals surface area contributed by atoms with Gasteiger partial charge in [0.15, 0.2) is 5.82 Å². The van der Waals surface area contributed by atoms with Gasteiger partial charge < -0.3 is 19.7 Å². The van der Waals surface area contributed by atoms with E-state index in [1.54, 1.807) is 30.5 Å². The van der Waals surface area contributed by atoms with E-state index in [1.807, 2.05) is 37.8 Å². The summed E-state index contributed by atoms with van der Waals surface area (Å²) in [5, 5.41) is 3.37. The fraction of sp³-hybridized carbons (Fsp3) is 0.308. The number of hydrogen-bond donors (Lipinski definition) is 1. The van der Waals surface area contributed by atoms with Gasteiger partial charge in [-0.3, -0.25) is 4.79 Å².